The fourth-order valence-corrected chi connectivity index (χ4v) is 2.70. The van der Waals surface area contributed by atoms with Gasteiger partial charge in [0.15, 0.2) is 6.40 Å². The number of nitrogens with zero attached hydrogens (tertiary/aromatic N) is 2. The Bertz CT molecular complexity index is 871. The van der Waals surface area contributed by atoms with Crippen LogP contribution in [0.1, 0.15) is 22.3 Å². The maximum Gasteiger partial charge on any atom is 0.416 e. The average molecular weight is 422 g/mol. The lowest BCUT2D eigenvalue weighted by Crippen LogP contribution is -2.32. The molecule has 1 heterocycles. The fraction of sp³-hybridized carbons (Fsp3) is 0.222. The highest BCUT2D eigenvalue weighted by molar-refractivity contribution is 5.88. The molecule has 3 nitrogen and oxygen atoms in total. The van der Waals surface area contributed by atoms with Crippen molar-refractivity contribution in [3.8, 4) is 0 Å². The van der Waals surface area contributed by atoms with Crippen LogP contribution < -0.4 is 0 Å². The normalized spacial score (nSPS) is 16.5. The highest BCUT2D eigenvalue weighted by atomic mass is 19.4. The minimum atomic E-state index is -4.64. The lowest BCUT2D eigenvalue weighted by molar-refractivity contribution is -0.138. The Hall–Kier alpha value is -2.98. The molecule has 1 aliphatic rings. The van der Waals surface area contributed by atoms with Gasteiger partial charge in [0.05, 0.1) is 11.1 Å². The van der Waals surface area contributed by atoms with Crippen molar-refractivity contribution in [2.24, 2.45) is 9.98 Å². The van der Waals surface area contributed by atoms with Gasteiger partial charge in [-0.05, 0) is 24.3 Å². The van der Waals surface area contributed by atoms with E-state index in [4.69, 9.17) is 0 Å². The van der Waals surface area contributed by atoms with E-state index in [-0.39, 0.29) is 11.1 Å². The lowest BCUT2D eigenvalue weighted by atomic mass is 9.90. The molecule has 0 aromatic heterocycles. The first kappa shape index (κ1) is 20.7. The van der Waals surface area contributed by atoms with Gasteiger partial charge in [0.2, 0.25) is 5.66 Å². The number of benzene rings is 2. The van der Waals surface area contributed by atoms with Crippen LogP contribution >= 0.6 is 0 Å². The molecular weight excluding hydrogens is 412 g/mol. The number of aliphatic imine (C=N–C) groups is 2. The fourth-order valence-electron chi connectivity index (χ4n) is 2.70. The van der Waals surface area contributed by atoms with Crippen LogP contribution in [-0.4, -0.2) is 18.7 Å². The lowest BCUT2D eigenvalue weighted by Gasteiger charge is -2.30. The molecule has 0 amide bonds. The van der Waals surface area contributed by atoms with E-state index in [0.29, 0.717) is 30.7 Å². The summed E-state index contributed by atoms with van der Waals surface area (Å²) in [6.45, 7) is 0. The summed E-state index contributed by atoms with van der Waals surface area (Å²) in [5, 5.41) is 0. The Balaban J connectivity index is 2.16. The first-order chi connectivity index (χ1) is 13.4. The number of rotatable bonds is 3. The summed E-state index contributed by atoms with van der Waals surface area (Å²) in [7, 11) is 0. The molecule has 1 aliphatic heterocycles. The summed E-state index contributed by atoms with van der Waals surface area (Å²) >= 11 is 0. The number of hydrogen-bond acceptors (Lipinski definition) is 3. The third kappa shape index (κ3) is 4.08. The topological polar surface area (TPSA) is 34.0 Å². The first-order valence-electron chi connectivity index (χ1n) is 7.87. The SMILES string of the molecule is FC(F)C1=NC(c2ccc(C(F)(F)F)cc2)(c2ccc(C(F)(F)F)cc2)N=CO1. The van der Waals surface area contributed by atoms with Crippen molar-refractivity contribution in [2.45, 2.75) is 24.4 Å². The minimum absolute atomic E-state index is 0.0667. The molecule has 29 heavy (non-hydrogen) atoms. The Morgan fingerprint density at radius 2 is 1.14 bits per heavy atom. The molecule has 0 saturated carbocycles. The minimum Gasteiger partial charge on any atom is -0.426 e. The quantitative estimate of drug-likeness (QED) is 0.589. The van der Waals surface area contributed by atoms with Gasteiger partial charge in [-0.25, -0.2) is 9.98 Å². The summed E-state index contributed by atoms with van der Waals surface area (Å²) in [6, 6.07) is 6.66. The Labute approximate surface area is 158 Å². The van der Waals surface area contributed by atoms with Crippen molar-refractivity contribution in [1.29, 1.82) is 0 Å². The van der Waals surface area contributed by atoms with Gasteiger partial charge in [-0.1, -0.05) is 24.3 Å². The van der Waals surface area contributed by atoms with Gasteiger partial charge < -0.3 is 4.74 Å². The molecule has 0 bridgehead atoms. The van der Waals surface area contributed by atoms with E-state index in [1.165, 1.54) is 0 Å². The molecule has 154 valence electrons. The van der Waals surface area contributed by atoms with E-state index in [1.807, 2.05) is 0 Å². The second-order valence-corrected chi connectivity index (χ2v) is 5.93. The summed E-state index contributed by atoms with van der Waals surface area (Å²) < 4.78 is 108. The maximum atomic E-state index is 13.1. The maximum absolute atomic E-state index is 13.1. The van der Waals surface area contributed by atoms with Crippen molar-refractivity contribution >= 4 is 12.3 Å². The monoisotopic (exact) mass is 422 g/mol. The van der Waals surface area contributed by atoms with Crippen LogP contribution in [0.4, 0.5) is 35.1 Å². The number of ether oxygens (including phenoxy) is 1. The van der Waals surface area contributed by atoms with Gasteiger partial charge in [-0.3, -0.25) is 0 Å². The van der Waals surface area contributed by atoms with E-state index in [2.05, 4.69) is 14.7 Å². The van der Waals surface area contributed by atoms with Gasteiger partial charge in [0.1, 0.15) is 0 Å². The average Bonchev–Trinajstić information content (AvgIpc) is 2.67. The van der Waals surface area contributed by atoms with Gasteiger partial charge >= 0.3 is 18.8 Å². The second kappa shape index (κ2) is 7.12. The number of halogens is 8. The molecular formula is C18H10F8N2O. The summed E-state index contributed by atoms with van der Waals surface area (Å²) in [6.07, 6.45) is -11.8. The van der Waals surface area contributed by atoms with Crippen molar-refractivity contribution in [2.75, 3.05) is 0 Å². The van der Waals surface area contributed by atoms with Crippen LogP contribution in [0.25, 0.3) is 0 Å². The standard InChI is InChI=1S/C18H10F8N2O/c19-14(20)15-28-16(27-9-29-15,10-1-5-12(6-2-10)17(21,22)23)11-3-7-13(8-4-11)18(24,25)26/h1-9,14H. The van der Waals surface area contributed by atoms with Gasteiger partial charge in [0.25, 0.3) is 5.90 Å². The van der Waals surface area contributed by atoms with Gasteiger partial charge in [-0.2, -0.15) is 35.1 Å². The van der Waals surface area contributed by atoms with E-state index in [9.17, 15) is 35.1 Å². The van der Waals surface area contributed by atoms with Crippen molar-refractivity contribution in [3.05, 3.63) is 70.8 Å². The zero-order valence-corrected chi connectivity index (χ0v) is 14.1. The summed E-state index contributed by atoms with van der Waals surface area (Å²) in [4.78, 5) is 7.61. The Morgan fingerprint density at radius 3 is 1.48 bits per heavy atom. The smallest absolute Gasteiger partial charge is 0.416 e. The van der Waals surface area contributed by atoms with Gasteiger partial charge in [0, 0.05) is 11.1 Å². The molecule has 2 aromatic rings. The van der Waals surface area contributed by atoms with Crippen LogP contribution in [0.3, 0.4) is 0 Å². The summed E-state index contributed by atoms with van der Waals surface area (Å²) in [5.41, 5.74) is -4.17. The number of alkyl halides is 8. The predicted molar refractivity (Wildman–Crippen MR) is 86.7 cm³/mol. The van der Waals surface area contributed by atoms with Crippen LogP contribution in [0.5, 0.6) is 0 Å². The third-order valence-corrected chi connectivity index (χ3v) is 4.10. The Kier molecular flexibility index (Phi) is 5.10. The molecule has 0 atom stereocenters. The van der Waals surface area contributed by atoms with Crippen LogP contribution in [0.15, 0.2) is 58.5 Å². The molecule has 0 saturated heterocycles. The van der Waals surface area contributed by atoms with E-state index < -0.39 is 41.5 Å². The Morgan fingerprint density at radius 1 is 0.724 bits per heavy atom. The van der Waals surface area contributed by atoms with Crippen molar-refractivity contribution < 1.29 is 39.9 Å². The molecule has 0 spiro atoms. The third-order valence-electron chi connectivity index (χ3n) is 4.10. The molecule has 0 radical (unpaired) electrons. The summed E-state index contributed by atoms with van der Waals surface area (Å²) in [5.74, 6) is -1.07. The molecule has 0 unspecified atom stereocenters. The zero-order chi connectivity index (χ0) is 21.4. The first-order valence-corrected chi connectivity index (χ1v) is 7.87. The highest BCUT2D eigenvalue weighted by Gasteiger charge is 2.40. The second-order valence-electron chi connectivity index (χ2n) is 5.93. The number of hydrogen-bond donors (Lipinski definition) is 0. The van der Waals surface area contributed by atoms with Crippen LogP contribution in [-0.2, 0) is 22.8 Å². The molecule has 0 aliphatic carbocycles. The largest absolute Gasteiger partial charge is 0.426 e. The molecule has 0 N–H and O–H groups in total. The van der Waals surface area contributed by atoms with Crippen LogP contribution in [0.2, 0.25) is 0 Å². The highest BCUT2D eigenvalue weighted by Crippen LogP contribution is 2.40. The van der Waals surface area contributed by atoms with Crippen LogP contribution in [0, 0.1) is 0 Å². The molecule has 3 rings (SSSR count). The van der Waals surface area contributed by atoms with E-state index in [1.54, 1.807) is 0 Å². The van der Waals surface area contributed by atoms with E-state index in [0.717, 1.165) is 24.3 Å². The predicted octanol–water partition coefficient (Wildman–Crippen LogP) is 5.65. The van der Waals surface area contributed by atoms with Gasteiger partial charge in [-0.15, -0.1) is 0 Å². The van der Waals surface area contributed by atoms with Crippen molar-refractivity contribution in [3.63, 3.8) is 0 Å². The van der Waals surface area contributed by atoms with E-state index >= 15 is 0 Å². The molecule has 0 fully saturated rings. The van der Waals surface area contributed by atoms with Crippen molar-refractivity contribution in [1.82, 2.24) is 0 Å². The molecule has 2 aromatic carbocycles. The molecule has 11 heteroatoms. The zero-order valence-electron chi connectivity index (χ0n) is 14.1.